The summed E-state index contributed by atoms with van der Waals surface area (Å²) in [7, 11) is 0. The predicted molar refractivity (Wildman–Crippen MR) is 67.8 cm³/mol. The molecule has 0 saturated heterocycles. The molecule has 5 nitrogen and oxygen atoms in total. The van der Waals surface area contributed by atoms with Gasteiger partial charge in [0.25, 0.3) is 5.91 Å². The lowest BCUT2D eigenvalue weighted by Gasteiger charge is -2.07. The number of rotatable bonds is 2. The minimum atomic E-state index is -0.398. The van der Waals surface area contributed by atoms with E-state index in [2.05, 4.69) is 15.3 Å². The van der Waals surface area contributed by atoms with Crippen molar-refractivity contribution in [1.82, 2.24) is 9.97 Å². The fourth-order valence-electron chi connectivity index (χ4n) is 1.44. The smallest absolute Gasteiger partial charge is 0.258 e. The number of hydrogen-bond acceptors (Lipinski definition) is 4. The van der Waals surface area contributed by atoms with E-state index in [-0.39, 0.29) is 16.9 Å². The highest BCUT2D eigenvalue weighted by molar-refractivity contribution is 6.29. The van der Waals surface area contributed by atoms with Crippen LogP contribution in [0.3, 0.4) is 0 Å². The van der Waals surface area contributed by atoms with E-state index >= 15 is 0 Å². The van der Waals surface area contributed by atoms with Crippen LogP contribution in [-0.4, -0.2) is 21.0 Å². The maximum Gasteiger partial charge on any atom is 0.258 e. The Morgan fingerprint density at radius 3 is 2.89 bits per heavy atom. The van der Waals surface area contributed by atoms with Gasteiger partial charge in [-0.15, -0.1) is 0 Å². The summed E-state index contributed by atoms with van der Waals surface area (Å²) in [6.07, 6.45) is 1.44. The predicted octanol–water partition coefficient (Wildman–Crippen LogP) is 2.40. The third-order valence-electron chi connectivity index (χ3n) is 2.40. The van der Waals surface area contributed by atoms with E-state index in [0.717, 1.165) is 0 Å². The molecule has 0 atom stereocenters. The second-order valence-corrected chi connectivity index (χ2v) is 3.99. The topological polar surface area (TPSA) is 75.1 Å². The number of benzene rings is 1. The maximum absolute atomic E-state index is 12.0. The highest BCUT2D eigenvalue weighted by atomic mass is 35.5. The third kappa shape index (κ3) is 2.57. The van der Waals surface area contributed by atoms with Crippen LogP contribution < -0.4 is 5.32 Å². The van der Waals surface area contributed by atoms with E-state index in [9.17, 15) is 9.90 Å². The SMILES string of the molecule is Cc1c(O)cccc1C(=O)Nc1nccc(Cl)n1. The van der Waals surface area contributed by atoms with Crippen molar-refractivity contribution in [2.45, 2.75) is 6.92 Å². The number of carbonyl (C=O) groups excluding carboxylic acids is 1. The summed E-state index contributed by atoms with van der Waals surface area (Å²) in [5, 5.41) is 12.3. The lowest BCUT2D eigenvalue weighted by molar-refractivity contribution is 0.102. The largest absolute Gasteiger partial charge is 0.508 e. The fourth-order valence-corrected chi connectivity index (χ4v) is 1.57. The third-order valence-corrected chi connectivity index (χ3v) is 2.61. The van der Waals surface area contributed by atoms with Gasteiger partial charge in [-0.1, -0.05) is 17.7 Å². The molecule has 1 amide bonds. The summed E-state index contributed by atoms with van der Waals surface area (Å²) in [6, 6.07) is 6.23. The number of amides is 1. The van der Waals surface area contributed by atoms with Crippen molar-refractivity contribution in [3.8, 4) is 5.75 Å². The van der Waals surface area contributed by atoms with E-state index < -0.39 is 5.91 Å². The molecule has 0 fully saturated rings. The fraction of sp³-hybridized carbons (Fsp3) is 0.0833. The van der Waals surface area contributed by atoms with Crippen LogP contribution in [0.5, 0.6) is 5.75 Å². The van der Waals surface area contributed by atoms with Gasteiger partial charge in [-0.3, -0.25) is 10.1 Å². The molecule has 2 aromatic rings. The van der Waals surface area contributed by atoms with Crippen LogP contribution in [0.25, 0.3) is 0 Å². The molecule has 1 heterocycles. The molecule has 6 heteroatoms. The summed E-state index contributed by atoms with van der Waals surface area (Å²) >= 11 is 5.69. The number of carbonyl (C=O) groups is 1. The number of anilines is 1. The Morgan fingerprint density at radius 1 is 1.39 bits per heavy atom. The van der Waals surface area contributed by atoms with Crippen molar-refractivity contribution in [2.24, 2.45) is 0 Å². The average molecular weight is 264 g/mol. The molecular formula is C12H10ClN3O2. The summed E-state index contributed by atoms with van der Waals surface area (Å²) in [6.45, 7) is 1.66. The van der Waals surface area contributed by atoms with Gasteiger partial charge in [0.2, 0.25) is 5.95 Å². The molecule has 1 aromatic carbocycles. The Balaban J connectivity index is 2.25. The quantitative estimate of drug-likeness (QED) is 0.816. The van der Waals surface area contributed by atoms with E-state index in [1.807, 2.05) is 0 Å². The molecule has 0 bridgehead atoms. The molecule has 18 heavy (non-hydrogen) atoms. The zero-order valence-corrected chi connectivity index (χ0v) is 10.3. The van der Waals surface area contributed by atoms with Gasteiger partial charge < -0.3 is 5.11 Å². The Morgan fingerprint density at radius 2 is 2.17 bits per heavy atom. The molecule has 0 radical (unpaired) electrons. The minimum Gasteiger partial charge on any atom is -0.508 e. The molecule has 0 saturated carbocycles. The molecule has 1 aromatic heterocycles. The van der Waals surface area contributed by atoms with Gasteiger partial charge >= 0.3 is 0 Å². The zero-order valence-electron chi connectivity index (χ0n) is 9.51. The number of phenolic OH excluding ortho intramolecular Hbond substituents is 1. The molecule has 0 aliphatic heterocycles. The summed E-state index contributed by atoms with van der Waals surface area (Å²) < 4.78 is 0. The van der Waals surface area contributed by atoms with Crippen LogP contribution >= 0.6 is 11.6 Å². The zero-order chi connectivity index (χ0) is 13.1. The summed E-state index contributed by atoms with van der Waals surface area (Å²) in [4.78, 5) is 19.7. The van der Waals surface area contributed by atoms with Crippen LogP contribution in [0, 0.1) is 6.92 Å². The second-order valence-electron chi connectivity index (χ2n) is 3.61. The molecule has 2 N–H and O–H groups in total. The van der Waals surface area contributed by atoms with Crippen molar-refractivity contribution in [3.05, 3.63) is 46.7 Å². The number of hydrogen-bond donors (Lipinski definition) is 2. The number of aromatic nitrogens is 2. The van der Waals surface area contributed by atoms with E-state index in [4.69, 9.17) is 11.6 Å². The van der Waals surface area contributed by atoms with Gasteiger partial charge in [0.05, 0.1) is 0 Å². The molecule has 0 aliphatic rings. The first-order valence-corrected chi connectivity index (χ1v) is 5.54. The van der Waals surface area contributed by atoms with Crippen LogP contribution in [0.4, 0.5) is 5.95 Å². The molecule has 0 spiro atoms. The number of aromatic hydroxyl groups is 1. The average Bonchev–Trinajstić information content (AvgIpc) is 2.32. The number of nitrogens with zero attached hydrogens (tertiary/aromatic N) is 2. The molecule has 92 valence electrons. The van der Waals surface area contributed by atoms with E-state index in [1.165, 1.54) is 18.3 Å². The van der Waals surface area contributed by atoms with Gasteiger partial charge in [0, 0.05) is 17.3 Å². The van der Waals surface area contributed by atoms with Gasteiger partial charge in [0.1, 0.15) is 10.9 Å². The van der Waals surface area contributed by atoms with E-state index in [0.29, 0.717) is 11.1 Å². The van der Waals surface area contributed by atoms with Crippen LogP contribution in [0.15, 0.2) is 30.5 Å². The van der Waals surface area contributed by atoms with Gasteiger partial charge in [0.15, 0.2) is 0 Å². The van der Waals surface area contributed by atoms with Crippen molar-refractivity contribution < 1.29 is 9.90 Å². The maximum atomic E-state index is 12.0. The van der Waals surface area contributed by atoms with Gasteiger partial charge in [-0.25, -0.2) is 9.97 Å². The molecule has 0 aliphatic carbocycles. The number of nitrogens with one attached hydrogen (secondary N) is 1. The van der Waals surface area contributed by atoms with Gasteiger partial charge in [-0.2, -0.15) is 0 Å². The van der Waals surface area contributed by atoms with Gasteiger partial charge in [-0.05, 0) is 25.1 Å². The van der Waals surface area contributed by atoms with Crippen LogP contribution in [-0.2, 0) is 0 Å². The van der Waals surface area contributed by atoms with Crippen LogP contribution in [0.2, 0.25) is 5.15 Å². The lowest BCUT2D eigenvalue weighted by atomic mass is 10.1. The Bertz CT molecular complexity index is 602. The first-order chi connectivity index (χ1) is 8.58. The molecule has 2 rings (SSSR count). The second kappa shape index (κ2) is 5.01. The number of halogens is 1. The first-order valence-electron chi connectivity index (χ1n) is 5.16. The Labute approximate surface area is 108 Å². The summed E-state index contributed by atoms with van der Waals surface area (Å²) in [5.74, 6) is -0.212. The molecular weight excluding hydrogens is 254 g/mol. The normalized spacial score (nSPS) is 10.1. The summed E-state index contributed by atoms with van der Waals surface area (Å²) in [5.41, 5.74) is 0.857. The highest BCUT2D eigenvalue weighted by Gasteiger charge is 2.12. The van der Waals surface area contributed by atoms with Crippen molar-refractivity contribution in [2.75, 3.05) is 5.32 Å². The van der Waals surface area contributed by atoms with Crippen LogP contribution in [0.1, 0.15) is 15.9 Å². The van der Waals surface area contributed by atoms with Crippen molar-refractivity contribution in [1.29, 1.82) is 0 Å². The van der Waals surface area contributed by atoms with E-state index in [1.54, 1.807) is 19.1 Å². The minimum absolute atomic E-state index is 0.0645. The highest BCUT2D eigenvalue weighted by Crippen LogP contribution is 2.20. The van der Waals surface area contributed by atoms with Crippen molar-refractivity contribution >= 4 is 23.5 Å². The monoisotopic (exact) mass is 263 g/mol. The Kier molecular flexibility index (Phi) is 3.43. The Hall–Kier alpha value is -2.14. The number of phenols is 1. The first kappa shape index (κ1) is 12.3. The standard InChI is InChI=1S/C12H10ClN3O2/c1-7-8(3-2-4-9(7)17)11(18)16-12-14-6-5-10(13)15-12/h2-6,17H,1H3,(H,14,15,16,18). The molecule has 0 unspecified atom stereocenters. The van der Waals surface area contributed by atoms with Crippen molar-refractivity contribution in [3.63, 3.8) is 0 Å². The lowest BCUT2D eigenvalue weighted by Crippen LogP contribution is -2.15.